The molecule has 1 N–H and O–H groups in total. The van der Waals surface area contributed by atoms with Gasteiger partial charge in [-0.3, -0.25) is 4.57 Å². The number of fused-ring (bicyclic) bond motifs is 3. The highest BCUT2D eigenvalue weighted by Gasteiger charge is 2.33. The minimum Gasteiger partial charge on any atom is -0.411 e. The largest absolute Gasteiger partial charge is 0.411 e. The first kappa shape index (κ1) is 15.5. The molecule has 130 valence electrons. The molecule has 0 spiro atoms. The standard InChI is InChI=1S/C22H16N4O/c27-25-20-19(15-9-3-1-4-10-15)24-22-23-17-13-7-8-14-18(17)26(22)21(20)16-11-5-2-6-12-16/h1-14,21,27H/b25-20-. The van der Waals surface area contributed by atoms with Gasteiger partial charge in [-0.2, -0.15) is 0 Å². The molecule has 1 aromatic heterocycles. The molecule has 2 heterocycles. The van der Waals surface area contributed by atoms with E-state index in [1.807, 2.05) is 89.5 Å². The van der Waals surface area contributed by atoms with E-state index >= 15 is 0 Å². The number of hydrogen-bond acceptors (Lipinski definition) is 4. The number of benzene rings is 3. The molecule has 0 bridgehead atoms. The Kier molecular flexibility index (Phi) is 3.57. The number of hydrogen-bond donors (Lipinski definition) is 1. The van der Waals surface area contributed by atoms with Crippen LogP contribution in [-0.4, -0.2) is 26.2 Å². The first-order valence-electron chi connectivity index (χ1n) is 8.75. The predicted octanol–water partition coefficient (Wildman–Crippen LogP) is 4.59. The average molecular weight is 352 g/mol. The van der Waals surface area contributed by atoms with Crippen molar-refractivity contribution in [3.63, 3.8) is 0 Å². The van der Waals surface area contributed by atoms with Crippen molar-refractivity contribution in [2.45, 2.75) is 6.04 Å². The normalized spacial score (nSPS) is 17.7. The maximum absolute atomic E-state index is 9.96. The van der Waals surface area contributed by atoms with Crippen LogP contribution < -0.4 is 0 Å². The molecule has 1 atom stereocenters. The van der Waals surface area contributed by atoms with Gasteiger partial charge in [0.1, 0.15) is 17.5 Å². The molecule has 1 aliphatic heterocycles. The molecule has 1 aliphatic rings. The van der Waals surface area contributed by atoms with E-state index in [0.717, 1.165) is 22.2 Å². The number of oxime groups is 1. The minimum absolute atomic E-state index is 0.314. The molecular formula is C22H16N4O. The van der Waals surface area contributed by atoms with E-state index < -0.39 is 0 Å². The Labute approximate surface area is 155 Å². The van der Waals surface area contributed by atoms with Crippen molar-refractivity contribution in [2.24, 2.45) is 10.1 Å². The quantitative estimate of drug-likeness (QED) is 0.424. The van der Waals surface area contributed by atoms with Gasteiger partial charge in [0.2, 0.25) is 5.95 Å². The third kappa shape index (κ3) is 2.44. The molecule has 0 amide bonds. The van der Waals surface area contributed by atoms with Gasteiger partial charge in [0, 0.05) is 5.56 Å². The first-order valence-corrected chi connectivity index (χ1v) is 8.75. The van der Waals surface area contributed by atoms with E-state index in [1.165, 1.54) is 0 Å². The monoisotopic (exact) mass is 352 g/mol. The van der Waals surface area contributed by atoms with Crippen LogP contribution in [0.3, 0.4) is 0 Å². The molecule has 27 heavy (non-hydrogen) atoms. The maximum Gasteiger partial charge on any atom is 0.232 e. The second kappa shape index (κ2) is 6.21. The highest BCUT2D eigenvalue weighted by molar-refractivity contribution is 6.50. The molecule has 5 rings (SSSR count). The summed E-state index contributed by atoms with van der Waals surface area (Å²) in [5.41, 5.74) is 4.86. The molecular weight excluding hydrogens is 336 g/mol. The number of aromatic nitrogens is 2. The summed E-state index contributed by atoms with van der Waals surface area (Å²) < 4.78 is 2.03. The molecule has 5 nitrogen and oxygen atoms in total. The van der Waals surface area contributed by atoms with E-state index in [9.17, 15) is 5.21 Å². The van der Waals surface area contributed by atoms with Gasteiger partial charge < -0.3 is 5.21 Å². The van der Waals surface area contributed by atoms with E-state index in [0.29, 0.717) is 17.4 Å². The van der Waals surface area contributed by atoms with Crippen molar-refractivity contribution in [2.75, 3.05) is 0 Å². The molecule has 0 saturated carbocycles. The Bertz CT molecular complexity index is 1180. The number of imidazole rings is 1. The minimum atomic E-state index is -0.314. The van der Waals surface area contributed by atoms with Crippen LogP contribution in [0.15, 0.2) is 95.1 Å². The fourth-order valence-corrected chi connectivity index (χ4v) is 3.63. The second-order valence-electron chi connectivity index (χ2n) is 6.40. The summed E-state index contributed by atoms with van der Waals surface area (Å²) in [7, 11) is 0. The lowest BCUT2D eigenvalue weighted by Crippen LogP contribution is -2.32. The first-order chi connectivity index (χ1) is 13.4. The number of para-hydroxylation sites is 2. The van der Waals surface area contributed by atoms with Gasteiger partial charge in [-0.1, -0.05) is 78.0 Å². The van der Waals surface area contributed by atoms with Gasteiger partial charge >= 0.3 is 0 Å². The fraction of sp³-hybridized carbons (Fsp3) is 0.0455. The summed E-state index contributed by atoms with van der Waals surface area (Å²) in [6, 6.07) is 27.4. The van der Waals surface area contributed by atoms with Gasteiger partial charge in [0.05, 0.1) is 11.0 Å². The van der Waals surface area contributed by atoms with E-state index in [2.05, 4.69) is 5.16 Å². The molecule has 0 aliphatic carbocycles. The zero-order valence-corrected chi connectivity index (χ0v) is 14.4. The van der Waals surface area contributed by atoms with Crippen molar-refractivity contribution in [3.05, 3.63) is 96.1 Å². The van der Waals surface area contributed by atoms with Crippen LogP contribution in [0.5, 0.6) is 0 Å². The Morgan fingerprint density at radius 1 is 0.815 bits per heavy atom. The Morgan fingerprint density at radius 2 is 1.48 bits per heavy atom. The van der Waals surface area contributed by atoms with Crippen molar-refractivity contribution in [3.8, 4) is 0 Å². The highest BCUT2D eigenvalue weighted by atomic mass is 16.4. The molecule has 4 aromatic rings. The van der Waals surface area contributed by atoms with Crippen molar-refractivity contribution < 1.29 is 5.21 Å². The Morgan fingerprint density at radius 3 is 2.22 bits per heavy atom. The highest BCUT2D eigenvalue weighted by Crippen LogP contribution is 2.36. The molecule has 0 radical (unpaired) electrons. The van der Waals surface area contributed by atoms with Crippen molar-refractivity contribution in [1.82, 2.24) is 9.55 Å². The maximum atomic E-state index is 9.96. The molecule has 1 unspecified atom stereocenters. The summed E-state index contributed by atoms with van der Waals surface area (Å²) in [6.07, 6.45) is 0. The summed E-state index contributed by atoms with van der Waals surface area (Å²) >= 11 is 0. The zero-order chi connectivity index (χ0) is 18.2. The summed E-state index contributed by atoms with van der Waals surface area (Å²) in [5.74, 6) is 0.608. The summed E-state index contributed by atoms with van der Waals surface area (Å²) in [4.78, 5) is 9.47. The van der Waals surface area contributed by atoms with Crippen molar-refractivity contribution >= 4 is 28.4 Å². The van der Waals surface area contributed by atoms with Gasteiger partial charge in [0.25, 0.3) is 0 Å². The van der Waals surface area contributed by atoms with Crippen LogP contribution >= 0.6 is 0 Å². The molecule has 3 aromatic carbocycles. The van der Waals surface area contributed by atoms with Gasteiger partial charge in [-0.05, 0) is 17.7 Å². The average Bonchev–Trinajstić information content (AvgIpc) is 3.12. The van der Waals surface area contributed by atoms with Gasteiger partial charge in [-0.25, -0.2) is 9.98 Å². The number of aliphatic imine (C=N–C) groups is 1. The molecule has 0 fully saturated rings. The predicted molar refractivity (Wildman–Crippen MR) is 106 cm³/mol. The van der Waals surface area contributed by atoms with Crippen LogP contribution in [0, 0.1) is 0 Å². The second-order valence-corrected chi connectivity index (χ2v) is 6.40. The fourth-order valence-electron chi connectivity index (χ4n) is 3.63. The van der Waals surface area contributed by atoms with Crippen LogP contribution in [-0.2, 0) is 0 Å². The summed E-state index contributed by atoms with van der Waals surface area (Å²) in [6.45, 7) is 0. The lowest BCUT2D eigenvalue weighted by Gasteiger charge is -2.27. The Balaban J connectivity index is 1.84. The van der Waals surface area contributed by atoms with Crippen LogP contribution in [0.4, 0.5) is 5.95 Å². The SMILES string of the molecule is O/N=C1/C(c2ccccc2)=Nc2nc3ccccc3n2C1c1ccccc1. The van der Waals surface area contributed by atoms with Crippen LogP contribution in [0.25, 0.3) is 11.0 Å². The molecule has 5 heteroatoms. The van der Waals surface area contributed by atoms with Crippen molar-refractivity contribution in [1.29, 1.82) is 0 Å². The van der Waals surface area contributed by atoms with E-state index in [4.69, 9.17) is 9.98 Å². The topological polar surface area (TPSA) is 62.8 Å². The number of nitrogens with zero attached hydrogens (tertiary/aromatic N) is 4. The van der Waals surface area contributed by atoms with Gasteiger partial charge in [0.15, 0.2) is 0 Å². The lowest BCUT2D eigenvalue weighted by atomic mass is 9.93. The molecule has 0 saturated heterocycles. The smallest absolute Gasteiger partial charge is 0.232 e. The van der Waals surface area contributed by atoms with Crippen LogP contribution in [0.1, 0.15) is 17.2 Å². The van der Waals surface area contributed by atoms with Gasteiger partial charge in [-0.15, -0.1) is 0 Å². The number of rotatable bonds is 2. The van der Waals surface area contributed by atoms with E-state index in [-0.39, 0.29) is 6.04 Å². The third-order valence-corrected chi connectivity index (χ3v) is 4.82. The zero-order valence-electron chi connectivity index (χ0n) is 14.4. The van der Waals surface area contributed by atoms with Crippen LogP contribution in [0.2, 0.25) is 0 Å². The van der Waals surface area contributed by atoms with E-state index in [1.54, 1.807) is 0 Å². The lowest BCUT2D eigenvalue weighted by molar-refractivity contribution is 0.317. The summed E-state index contributed by atoms with van der Waals surface area (Å²) in [5, 5.41) is 13.6. The Hall–Kier alpha value is -3.73. The third-order valence-electron chi connectivity index (χ3n) is 4.82.